The Hall–Kier alpha value is -0.650. The fourth-order valence-electron chi connectivity index (χ4n) is 2.19. The molecule has 3 unspecified atom stereocenters. The molecule has 0 aromatic rings. The van der Waals surface area contributed by atoms with E-state index in [0.29, 0.717) is 13.2 Å². The molecule has 0 saturated carbocycles. The molecule has 1 rings (SSSR count). The van der Waals surface area contributed by atoms with Crippen molar-refractivity contribution in [1.82, 2.24) is 5.32 Å². The molecule has 0 radical (unpaired) electrons. The lowest BCUT2D eigenvalue weighted by molar-refractivity contribution is -0.139. The van der Waals surface area contributed by atoms with Crippen LogP contribution in [0.1, 0.15) is 12.8 Å². The maximum atomic E-state index is 10.6. The first kappa shape index (κ1) is 12.4. The predicted molar refractivity (Wildman–Crippen MR) is 54.6 cm³/mol. The van der Waals surface area contributed by atoms with E-state index in [-0.39, 0.29) is 31.0 Å². The van der Waals surface area contributed by atoms with Gasteiger partial charge in [-0.05, 0) is 25.3 Å². The minimum absolute atomic E-state index is 0.0186. The van der Waals surface area contributed by atoms with E-state index in [1.807, 2.05) is 7.05 Å². The van der Waals surface area contributed by atoms with Crippen molar-refractivity contribution in [3.05, 3.63) is 0 Å². The number of rotatable bonds is 6. The molecule has 15 heavy (non-hydrogen) atoms. The Labute approximate surface area is 89.4 Å². The van der Waals surface area contributed by atoms with E-state index < -0.39 is 5.97 Å². The molecule has 1 aliphatic heterocycles. The number of ether oxygens (including phenoxy) is 1. The Morgan fingerprint density at radius 3 is 2.93 bits per heavy atom. The lowest BCUT2D eigenvalue weighted by Crippen LogP contribution is -2.34. The summed E-state index contributed by atoms with van der Waals surface area (Å²) in [4.78, 5) is 10.6. The smallest absolute Gasteiger partial charge is 0.303 e. The van der Waals surface area contributed by atoms with E-state index in [4.69, 9.17) is 9.84 Å². The third-order valence-electron chi connectivity index (χ3n) is 2.94. The fraction of sp³-hybridized carbons (Fsp3) is 0.900. The van der Waals surface area contributed by atoms with Crippen molar-refractivity contribution in [2.75, 3.05) is 26.8 Å². The molecular weight excluding hydrogens is 198 g/mol. The highest BCUT2D eigenvalue weighted by atomic mass is 16.5. The molecule has 0 spiro atoms. The van der Waals surface area contributed by atoms with Gasteiger partial charge in [0.1, 0.15) is 0 Å². The maximum Gasteiger partial charge on any atom is 0.303 e. The Morgan fingerprint density at radius 1 is 1.67 bits per heavy atom. The minimum Gasteiger partial charge on any atom is -0.481 e. The first-order chi connectivity index (χ1) is 7.19. The van der Waals surface area contributed by atoms with Crippen molar-refractivity contribution >= 4 is 5.97 Å². The van der Waals surface area contributed by atoms with E-state index >= 15 is 0 Å². The number of aliphatic hydroxyl groups is 1. The lowest BCUT2D eigenvalue weighted by Gasteiger charge is -2.24. The number of hydrogen-bond donors (Lipinski definition) is 3. The summed E-state index contributed by atoms with van der Waals surface area (Å²) in [5.74, 6) is -0.897. The third-order valence-corrected chi connectivity index (χ3v) is 2.94. The second-order valence-electron chi connectivity index (χ2n) is 3.96. The number of carbonyl (C=O) groups is 1. The fourth-order valence-corrected chi connectivity index (χ4v) is 2.19. The van der Waals surface area contributed by atoms with Crippen molar-refractivity contribution in [1.29, 1.82) is 0 Å². The zero-order valence-electron chi connectivity index (χ0n) is 8.98. The van der Waals surface area contributed by atoms with Crippen molar-refractivity contribution in [2.24, 2.45) is 11.8 Å². The Bertz CT molecular complexity index is 210. The highest BCUT2D eigenvalue weighted by Gasteiger charge is 2.34. The number of carboxylic acids is 1. The van der Waals surface area contributed by atoms with Gasteiger partial charge in [-0.25, -0.2) is 0 Å². The van der Waals surface area contributed by atoms with Crippen molar-refractivity contribution in [3.8, 4) is 0 Å². The third kappa shape index (κ3) is 3.44. The Morgan fingerprint density at radius 2 is 2.40 bits per heavy atom. The van der Waals surface area contributed by atoms with Gasteiger partial charge < -0.3 is 20.3 Å². The molecule has 1 saturated heterocycles. The second kappa shape index (κ2) is 6.05. The molecule has 5 nitrogen and oxygen atoms in total. The van der Waals surface area contributed by atoms with E-state index in [0.717, 1.165) is 6.42 Å². The summed E-state index contributed by atoms with van der Waals surface area (Å²) in [6, 6.07) is 0. The van der Waals surface area contributed by atoms with Crippen molar-refractivity contribution in [2.45, 2.75) is 18.9 Å². The van der Waals surface area contributed by atoms with E-state index in [2.05, 4.69) is 5.32 Å². The van der Waals surface area contributed by atoms with Gasteiger partial charge in [-0.1, -0.05) is 0 Å². The van der Waals surface area contributed by atoms with Crippen LogP contribution >= 0.6 is 0 Å². The average Bonchev–Trinajstić information content (AvgIpc) is 2.63. The summed E-state index contributed by atoms with van der Waals surface area (Å²) >= 11 is 0. The quantitative estimate of drug-likeness (QED) is 0.569. The first-order valence-corrected chi connectivity index (χ1v) is 5.28. The molecular formula is C10H19NO4. The van der Waals surface area contributed by atoms with E-state index in [9.17, 15) is 9.90 Å². The topological polar surface area (TPSA) is 78.8 Å². The van der Waals surface area contributed by atoms with Gasteiger partial charge in [0.25, 0.3) is 0 Å². The largest absolute Gasteiger partial charge is 0.481 e. The minimum atomic E-state index is -0.857. The van der Waals surface area contributed by atoms with Gasteiger partial charge in [0.2, 0.25) is 0 Å². The molecule has 0 bridgehead atoms. The summed E-state index contributed by atoms with van der Waals surface area (Å²) in [7, 11) is 1.84. The molecule has 5 heteroatoms. The normalized spacial score (nSPS) is 27.9. The highest BCUT2D eigenvalue weighted by Crippen LogP contribution is 2.29. The van der Waals surface area contributed by atoms with Gasteiger partial charge >= 0.3 is 5.97 Å². The Kier molecular flexibility index (Phi) is 5.01. The summed E-state index contributed by atoms with van der Waals surface area (Å²) in [5.41, 5.74) is 0. The van der Waals surface area contributed by atoms with Crippen LogP contribution in [0, 0.1) is 11.8 Å². The lowest BCUT2D eigenvalue weighted by atomic mass is 9.85. The molecule has 1 heterocycles. The van der Waals surface area contributed by atoms with Gasteiger partial charge in [-0.2, -0.15) is 0 Å². The van der Waals surface area contributed by atoms with Gasteiger partial charge in [0.05, 0.1) is 12.5 Å². The average molecular weight is 217 g/mol. The second-order valence-corrected chi connectivity index (χ2v) is 3.96. The van der Waals surface area contributed by atoms with Gasteiger partial charge in [0.15, 0.2) is 0 Å². The predicted octanol–water partition coefficient (Wildman–Crippen LogP) is -0.306. The van der Waals surface area contributed by atoms with Crippen LogP contribution in [-0.4, -0.2) is 49.1 Å². The maximum absolute atomic E-state index is 10.6. The van der Waals surface area contributed by atoms with Crippen LogP contribution in [0.5, 0.6) is 0 Å². The van der Waals surface area contributed by atoms with Crippen LogP contribution in [-0.2, 0) is 9.53 Å². The molecule has 3 atom stereocenters. The SMILES string of the molecule is CNCC1OCCC1C(CO)CC(=O)O. The number of aliphatic hydroxyl groups excluding tert-OH is 1. The van der Waals surface area contributed by atoms with Crippen LogP contribution in [0.3, 0.4) is 0 Å². The zero-order chi connectivity index (χ0) is 11.3. The molecule has 1 aliphatic rings. The van der Waals surface area contributed by atoms with E-state index in [1.165, 1.54) is 0 Å². The monoisotopic (exact) mass is 217 g/mol. The Balaban J connectivity index is 2.53. The number of carboxylic acid groups (broad SMARTS) is 1. The molecule has 0 aromatic carbocycles. The van der Waals surface area contributed by atoms with Gasteiger partial charge in [0, 0.05) is 19.8 Å². The highest BCUT2D eigenvalue weighted by molar-refractivity contribution is 5.67. The zero-order valence-corrected chi connectivity index (χ0v) is 8.98. The van der Waals surface area contributed by atoms with Crippen LogP contribution in [0.25, 0.3) is 0 Å². The summed E-state index contributed by atoms with van der Waals surface area (Å²) in [6.45, 7) is 1.29. The van der Waals surface area contributed by atoms with Gasteiger partial charge in [-0.3, -0.25) is 4.79 Å². The number of aliphatic carboxylic acids is 1. The number of nitrogens with one attached hydrogen (secondary N) is 1. The summed E-state index contributed by atoms with van der Waals surface area (Å²) in [6.07, 6.45) is 0.891. The standard InChI is InChI=1S/C10H19NO4/c1-11-5-9-8(2-3-15-9)7(6-12)4-10(13)14/h7-9,11-12H,2-6H2,1H3,(H,13,14). The molecule has 3 N–H and O–H groups in total. The van der Waals surface area contributed by atoms with Crippen LogP contribution in [0.15, 0.2) is 0 Å². The summed E-state index contributed by atoms with van der Waals surface area (Å²) < 4.78 is 5.50. The van der Waals surface area contributed by atoms with Crippen LogP contribution < -0.4 is 5.32 Å². The van der Waals surface area contributed by atoms with Crippen molar-refractivity contribution < 1.29 is 19.7 Å². The van der Waals surface area contributed by atoms with E-state index in [1.54, 1.807) is 0 Å². The molecule has 88 valence electrons. The molecule has 0 aliphatic carbocycles. The molecule has 0 aromatic heterocycles. The number of hydrogen-bond acceptors (Lipinski definition) is 4. The summed E-state index contributed by atoms with van der Waals surface area (Å²) in [5, 5.41) is 20.9. The van der Waals surface area contributed by atoms with Crippen LogP contribution in [0.2, 0.25) is 0 Å². The van der Waals surface area contributed by atoms with Crippen molar-refractivity contribution in [3.63, 3.8) is 0 Å². The molecule has 1 fully saturated rings. The molecule has 0 amide bonds. The van der Waals surface area contributed by atoms with Crippen LogP contribution in [0.4, 0.5) is 0 Å². The first-order valence-electron chi connectivity index (χ1n) is 5.28. The number of likely N-dealkylation sites (N-methyl/N-ethyl adjacent to an activating group) is 1. The van der Waals surface area contributed by atoms with Gasteiger partial charge in [-0.15, -0.1) is 0 Å².